The topological polar surface area (TPSA) is 77.8 Å². The van der Waals surface area contributed by atoms with Crippen LogP contribution in [0.2, 0.25) is 0 Å². The van der Waals surface area contributed by atoms with E-state index in [1.54, 1.807) is 32.9 Å². The van der Waals surface area contributed by atoms with Crippen LogP contribution in [0.5, 0.6) is 5.75 Å². The van der Waals surface area contributed by atoms with E-state index in [2.05, 4.69) is 0 Å². The molecule has 88 valence electrons. The molecule has 0 aromatic heterocycles. The zero-order chi connectivity index (χ0) is 12.5. The Kier molecular flexibility index (Phi) is 3.24. The Hall–Kier alpha value is -1.55. The first kappa shape index (κ1) is 12.5. The standard InChI is InChI=1S/C12H16O4/c1-4-12(16,11(14)15)9-6-5-7(2)10(13)8(9)3/h5-6,13,16H,4H2,1-3H3,(H,14,15). The van der Waals surface area contributed by atoms with E-state index >= 15 is 0 Å². The van der Waals surface area contributed by atoms with Gasteiger partial charge in [0.05, 0.1) is 0 Å². The lowest BCUT2D eigenvalue weighted by Crippen LogP contribution is -2.35. The largest absolute Gasteiger partial charge is 0.507 e. The first-order chi connectivity index (χ1) is 7.34. The van der Waals surface area contributed by atoms with E-state index in [1.165, 1.54) is 0 Å². The van der Waals surface area contributed by atoms with Crippen LogP contribution < -0.4 is 0 Å². The number of aliphatic hydroxyl groups is 1. The molecular weight excluding hydrogens is 208 g/mol. The van der Waals surface area contributed by atoms with Crippen LogP contribution in [-0.2, 0) is 10.4 Å². The fourth-order valence-corrected chi connectivity index (χ4v) is 1.74. The predicted molar refractivity (Wildman–Crippen MR) is 59.4 cm³/mol. The van der Waals surface area contributed by atoms with Crippen molar-refractivity contribution in [2.24, 2.45) is 0 Å². The molecule has 0 aliphatic heterocycles. The fourth-order valence-electron chi connectivity index (χ4n) is 1.74. The molecule has 1 aromatic carbocycles. The molecule has 0 radical (unpaired) electrons. The molecule has 0 saturated heterocycles. The SMILES string of the molecule is CCC(O)(C(=O)O)c1ccc(C)c(O)c1C. The third-order valence-corrected chi connectivity index (χ3v) is 2.94. The molecule has 0 aliphatic rings. The molecule has 0 aliphatic carbocycles. The number of hydrogen-bond acceptors (Lipinski definition) is 3. The number of carboxylic acids is 1. The average Bonchev–Trinajstić information content (AvgIpc) is 2.25. The van der Waals surface area contributed by atoms with Crippen LogP contribution in [0.25, 0.3) is 0 Å². The lowest BCUT2D eigenvalue weighted by molar-refractivity contribution is -0.160. The summed E-state index contributed by atoms with van der Waals surface area (Å²) in [6, 6.07) is 3.14. The van der Waals surface area contributed by atoms with Crippen LogP contribution in [-0.4, -0.2) is 21.3 Å². The third kappa shape index (κ3) is 1.76. The summed E-state index contributed by atoms with van der Waals surface area (Å²) in [7, 11) is 0. The second-order valence-corrected chi connectivity index (χ2v) is 3.92. The summed E-state index contributed by atoms with van der Waals surface area (Å²) in [5.74, 6) is -1.27. The molecule has 1 rings (SSSR count). The van der Waals surface area contributed by atoms with Crippen LogP contribution in [0, 0.1) is 13.8 Å². The lowest BCUT2D eigenvalue weighted by Gasteiger charge is -2.24. The zero-order valence-electron chi connectivity index (χ0n) is 9.61. The molecule has 1 unspecified atom stereocenters. The molecule has 3 N–H and O–H groups in total. The Morgan fingerprint density at radius 3 is 2.38 bits per heavy atom. The molecule has 0 bridgehead atoms. The highest BCUT2D eigenvalue weighted by molar-refractivity contribution is 5.80. The van der Waals surface area contributed by atoms with Crippen molar-refractivity contribution in [3.05, 3.63) is 28.8 Å². The Balaban J connectivity index is 3.44. The maximum Gasteiger partial charge on any atom is 0.340 e. The summed E-state index contributed by atoms with van der Waals surface area (Å²) in [6.45, 7) is 4.91. The van der Waals surface area contributed by atoms with Gasteiger partial charge in [-0.25, -0.2) is 4.79 Å². The summed E-state index contributed by atoms with van der Waals surface area (Å²) >= 11 is 0. The van der Waals surface area contributed by atoms with E-state index in [1.807, 2.05) is 0 Å². The van der Waals surface area contributed by atoms with Crippen LogP contribution in [0.1, 0.15) is 30.0 Å². The van der Waals surface area contributed by atoms with Crippen LogP contribution in [0.4, 0.5) is 0 Å². The number of rotatable bonds is 3. The minimum atomic E-state index is -1.94. The number of phenols is 1. The highest BCUT2D eigenvalue weighted by atomic mass is 16.4. The molecule has 4 heteroatoms. The predicted octanol–water partition coefficient (Wildman–Crippen LogP) is 1.69. The summed E-state index contributed by atoms with van der Waals surface area (Å²) in [6.07, 6.45) is 0.0473. The number of benzene rings is 1. The molecule has 0 spiro atoms. The Labute approximate surface area is 94.2 Å². The van der Waals surface area contributed by atoms with Crippen molar-refractivity contribution in [3.8, 4) is 5.75 Å². The summed E-state index contributed by atoms with van der Waals surface area (Å²) in [5, 5.41) is 28.8. The van der Waals surface area contributed by atoms with Gasteiger partial charge in [-0.3, -0.25) is 0 Å². The van der Waals surface area contributed by atoms with Gasteiger partial charge in [-0.1, -0.05) is 19.1 Å². The van der Waals surface area contributed by atoms with Gasteiger partial charge in [0, 0.05) is 5.56 Å². The summed E-state index contributed by atoms with van der Waals surface area (Å²) in [4.78, 5) is 11.1. The maximum absolute atomic E-state index is 11.1. The molecular formula is C12H16O4. The van der Waals surface area contributed by atoms with Crippen molar-refractivity contribution >= 4 is 5.97 Å². The summed E-state index contributed by atoms with van der Waals surface area (Å²) < 4.78 is 0. The van der Waals surface area contributed by atoms with E-state index in [4.69, 9.17) is 5.11 Å². The van der Waals surface area contributed by atoms with Crippen molar-refractivity contribution in [3.63, 3.8) is 0 Å². The van der Waals surface area contributed by atoms with Gasteiger partial charge in [0.2, 0.25) is 0 Å². The van der Waals surface area contributed by atoms with Crippen LogP contribution in [0.15, 0.2) is 12.1 Å². The minimum absolute atomic E-state index is 0.0330. The van der Waals surface area contributed by atoms with Gasteiger partial charge < -0.3 is 15.3 Å². The zero-order valence-corrected chi connectivity index (χ0v) is 9.61. The highest BCUT2D eigenvalue weighted by Crippen LogP contribution is 2.33. The Morgan fingerprint density at radius 1 is 1.38 bits per heavy atom. The normalized spacial score (nSPS) is 14.5. The quantitative estimate of drug-likeness (QED) is 0.730. The molecule has 16 heavy (non-hydrogen) atoms. The summed E-state index contributed by atoms with van der Waals surface area (Å²) in [5.41, 5.74) is -0.627. The first-order valence-corrected chi connectivity index (χ1v) is 5.10. The van der Waals surface area contributed by atoms with Crippen molar-refractivity contribution in [1.29, 1.82) is 0 Å². The van der Waals surface area contributed by atoms with Crippen molar-refractivity contribution < 1.29 is 20.1 Å². The van der Waals surface area contributed by atoms with Crippen molar-refractivity contribution in [1.82, 2.24) is 0 Å². The van der Waals surface area contributed by atoms with E-state index < -0.39 is 11.6 Å². The van der Waals surface area contributed by atoms with E-state index in [9.17, 15) is 15.0 Å². The molecule has 4 nitrogen and oxygen atoms in total. The first-order valence-electron chi connectivity index (χ1n) is 5.10. The van der Waals surface area contributed by atoms with Crippen LogP contribution in [0.3, 0.4) is 0 Å². The van der Waals surface area contributed by atoms with Crippen LogP contribution >= 0.6 is 0 Å². The smallest absolute Gasteiger partial charge is 0.340 e. The Bertz CT molecular complexity index is 425. The number of aliphatic carboxylic acids is 1. The Morgan fingerprint density at radius 2 is 1.94 bits per heavy atom. The monoisotopic (exact) mass is 224 g/mol. The molecule has 0 amide bonds. The number of hydrogen-bond donors (Lipinski definition) is 3. The fraction of sp³-hybridized carbons (Fsp3) is 0.417. The van der Waals surface area contributed by atoms with Gasteiger partial charge in [-0.2, -0.15) is 0 Å². The molecule has 1 aromatic rings. The van der Waals surface area contributed by atoms with Gasteiger partial charge in [-0.05, 0) is 31.4 Å². The van der Waals surface area contributed by atoms with Gasteiger partial charge in [-0.15, -0.1) is 0 Å². The minimum Gasteiger partial charge on any atom is -0.507 e. The highest BCUT2D eigenvalue weighted by Gasteiger charge is 2.37. The number of carboxylic acid groups (broad SMARTS) is 1. The van der Waals surface area contributed by atoms with Crippen molar-refractivity contribution in [2.45, 2.75) is 32.8 Å². The number of carbonyl (C=O) groups is 1. The second-order valence-electron chi connectivity index (χ2n) is 3.92. The van der Waals surface area contributed by atoms with Gasteiger partial charge in [0.1, 0.15) is 5.75 Å². The molecule has 0 heterocycles. The second kappa shape index (κ2) is 4.14. The molecule has 0 saturated carbocycles. The van der Waals surface area contributed by atoms with E-state index in [0.29, 0.717) is 11.1 Å². The lowest BCUT2D eigenvalue weighted by atomic mass is 9.87. The average molecular weight is 224 g/mol. The van der Waals surface area contributed by atoms with Gasteiger partial charge in [0.15, 0.2) is 5.60 Å². The number of aromatic hydroxyl groups is 1. The van der Waals surface area contributed by atoms with Crippen molar-refractivity contribution in [2.75, 3.05) is 0 Å². The number of phenolic OH excluding ortho intramolecular Hbond substituents is 1. The maximum atomic E-state index is 11.1. The van der Waals surface area contributed by atoms with E-state index in [-0.39, 0.29) is 17.7 Å². The van der Waals surface area contributed by atoms with Gasteiger partial charge in [0.25, 0.3) is 0 Å². The van der Waals surface area contributed by atoms with E-state index in [0.717, 1.165) is 0 Å². The molecule has 0 fully saturated rings. The molecule has 1 atom stereocenters. The number of aryl methyl sites for hydroxylation is 1. The third-order valence-electron chi connectivity index (χ3n) is 2.94. The van der Waals surface area contributed by atoms with Gasteiger partial charge >= 0.3 is 5.97 Å².